The molecule has 3 heteroatoms. The number of hydrogen-bond acceptors (Lipinski definition) is 3. The smallest absolute Gasteiger partial charge is 0.0866 e. The van der Waals surface area contributed by atoms with E-state index in [0.717, 1.165) is 26.1 Å². The highest BCUT2D eigenvalue weighted by Crippen LogP contribution is 2.06. The van der Waals surface area contributed by atoms with Crippen molar-refractivity contribution in [2.45, 2.75) is 32.2 Å². The van der Waals surface area contributed by atoms with E-state index in [1.165, 1.54) is 12.8 Å². The summed E-state index contributed by atoms with van der Waals surface area (Å²) in [5, 5.41) is 12.1. The predicted octanol–water partition coefficient (Wildman–Crippen LogP) is 0.974. The van der Waals surface area contributed by atoms with Gasteiger partial charge in [-0.2, -0.15) is 5.26 Å². The molecule has 1 saturated heterocycles. The topological polar surface area (TPSA) is 39.1 Å². The van der Waals surface area contributed by atoms with Crippen molar-refractivity contribution in [3.63, 3.8) is 0 Å². The zero-order chi connectivity index (χ0) is 9.52. The number of nitriles is 1. The predicted molar refractivity (Wildman–Crippen MR) is 53.4 cm³/mol. The Bertz CT molecular complexity index is 167. The molecule has 13 heavy (non-hydrogen) atoms. The summed E-state index contributed by atoms with van der Waals surface area (Å²) in [7, 11) is 0. The first-order chi connectivity index (χ1) is 6.36. The summed E-state index contributed by atoms with van der Waals surface area (Å²) in [6.07, 6.45) is 3.69. The number of nitrogens with one attached hydrogen (secondary N) is 1. The van der Waals surface area contributed by atoms with Gasteiger partial charge in [0.05, 0.1) is 12.6 Å². The van der Waals surface area contributed by atoms with Crippen LogP contribution in [-0.4, -0.2) is 37.1 Å². The van der Waals surface area contributed by atoms with Gasteiger partial charge >= 0.3 is 0 Å². The molecule has 1 heterocycles. The lowest BCUT2D eigenvalue weighted by atomic mass is 10.2. The van der Waals surface area contributed by atoms with Gasteiger partial charge in [0.1, 0.15) is 0 Å². The zero-order valence-corrected chi connectivity index (χ0v) is 8.42. The lowest BCUT2D eigenvalue weighted by Crippen LogP contribution is -2.38. The van der Waals surface area contributed by atoms with E-state index in [-0.39, 0.29) is 0 Å². The third-order valence-electron chi connectivity index (χ3n) is 2.48. The number of hydrogen-bond donors (Lipinski definition) is 1. The molecule has 1 unspecified atom stereocenters. The largest absolute Gasteiger partial charge is 0.313 e. The Morgan fingerprint density at radius 2 is 2.46 bits per heavy atom. The Hall–Kier alpha value is -0.590. The van der Waals surface area contributed by atoms with E-state index in [1.54, 1.807) is 0 Å². The van der Waals surface area contributed by atoms with Gasteiger partial charge in [0, 0.05) is 12.6 Å². The molecule has 0 aromatic carbocycles. The molecule has 0 aromatic rings. The molecular formula is C10H19N3. The van der Waals surface area contributed by atoms with Crippen LogP contribution in [0.2, 0.25) is 0 Å². The first-order valence-electron chi connectivity index (χ1n) is 5.19. The molecule has 1 aliphatic rings. The molecule has 0 aliphatic carbocycles. The van der Waals surface area contributed by atoms with Gasteiger partial charge in [0.25, 0.3) is 0 Å². The molecule has 0 aromatic heterocycles. The van der Waals surface area contributed by atoms with Crippen molar-refractivity contribution in [1.29, 1.82) is 5.26 Å². The first-order valence-corrected chi connectivity index (χ1v) is 5.19. The van der Waals surface area contributed by atoms with Crippen molar-refractivity contribution in [2.75, 3.05) is 26.2 Å². The summed E-state index contributed by atoms with van der Waals surface area (Å²) < 4.78 is 0. The third kappa shape index (κ3) is 3.75. The fraction of sp³-hybridized carbons (Fsp3) is 0.900. The molecule has 1 atom stereocenters. The molecule has 1 fully saturated rings. The van der Waals surface area contributed by atoms with Gasteiger partial charge in [-0.3, -0.25) is 4.90 Å². The van der Waals surface area contributed by atoms with E-state index in [0.29, 0.717) is 12.6 Å². The van der Waals surface area contributed by atoms with Crippen LogP contribution in [-0.2, 0) is 0 Å². The Morgan fingerprint density at radius 1 is 1.62 bits per heavy atom. The summed E-state index contributed by atoms with van der Waals surface area (Å²) in [6, 6.07) is 2.85. The minimum Gasteiger partial charge on any atom is -0.313 e. The molecule has 0 saturated carbocycles. The normalized spacial score (nSPS) is 22.1. The SMILES string of the molecule is CCCN(CC#N)CC1CCCN1. The lowest BCUT2D eigenvalue weighted by molar-refractivity contribution is 0.277. The van der Waals surface area contributed by atoms with Crippen molar-refractivity contribution in [3.8, 4) is 6.07 Å². The van der Waals surface area contributed by atoms with E-state index in [4.69, 9.17) is 5.26 Å². The first kappa shape index (κ1) is 10.5. The average molecular weight is 181 g/mol. The van der Waals surface area contributed by atoms with Crippen LogP contribution in [0.4, 0.5) is 0 Å². The Balaban J connectivity index is 2.24. The molecule has 1 aliphatic heterocycles. The Kier molecular flexibility index (Phi) is 4.81. The van der Waals surface area contributed by atoms with E-state index in [1.807, 2.05) is 0 Å². The fourth-order valence-corrected chi connectivity index (χ4v) is 1.88. The maximum atomic E-state index is 8.63. The number of nitrogens with zero attached hydrogens (tertiary/aromatic N) is 2. The van der Waals surface area contributed by atoms with E-state index < -0.39 is 0 Å². The molecule has 0 amide bonds. The highest BCUT2D eigenvalue weighted by atomic mass is 15.1. The van der Waals surface area contributed by atoms with Gasteiger partial charge in [-0.25, -0.2) is 0 Å². The molecule has 1 N–H and O–H groups in total. The van der Waals surface area contributed by atoms with Crippen molar-refractivity contribution in [3.05, 3.63) is 0 Å². The second kappa shape index (κ2) is 5.95. The minimum atomic E-state index is 0.575. The van der Waals surface area contributed by atoms with Crippen molar-refractivity contribution >= 4 is 0 Å². The van der Waals surface area contributed by atoms with Crippen LogP contribution in [0.3, 0.4) is 0 Å². The third-order valence-corrected chi connectivity index (χ3v) is 2.48. The maximum Gasteiger partial charge on any atom is 0.0866 e. The molecule has 3 nitrogen and oxygen atoms in total. The maximum absolute atomic E-state index is 8.63. The second-order valence-corrected chi connectivity index (χ2v) is 3.69. The molecule has 0 spiro atoms. The molecular weight excluding hydrogens is 162 g/mol. The van der Waals surface area contributed by atoms with E-state index in [9.17, 15) is 0 Å². The van der Waals surface area contributed by atoms with Gasteiger partial charge in [-0.15, -0.1) is 0 Å². The molecule has 0 radical (unpaired) electrons. The second-order valence-electron chi connectivity index (χ2n) is 3.69. The van der Waals surface area contributed by atoms with Gasteiger partial charge in [-0.05, 0) is 32.4 Å². The molecule has 0 bridgehead atoms. The lowest BCUT2D eigenvalue weighted by Gasteiger charge is -2.22. The Labute approximate surface area is 80.7 Å². The zero-order valence-electron chi connectivity index (χ0n) is 8.42. The van der Waals surface area contributed by atoms with Crippen molar-refractivity contribution < 1.29 is 0 Å². The summed E-state index contributed by atoms with van der Waals surface area (Å²) in [5.41, 5.74) is 0. The van der Waals surface area contributed by atoms with Crippen LogP contribution in [0.25, 0.3) is 0 Å². The van der Waals surface area contributed by atoms with E-state index >= 15 is 0 Å². The standard InChI is InChI=1S/C10H19N3/c1-2-7-13(8-5-11)9-10-4-3-6-12-10/h10,12H,2-4,6-9H2,1H3. The summed E-state index contributed by atoms with van der Waals surface area (Å²) in [4.78, 5) is 2.24. The van der Waals surface area contributed by atoms with E-state index in [2.05, 4.69) is 23.2 Å². The van der Waals surface area contributed by atoms with Crippen LogP contribution in [0.15, 0.2) is 0 Å². The van der Waals surface area contributed by atoms with Gasteiger partial charge < -0.3 is 5.32 Å². The van der Waals surface area contributed by atoms with Crippen LogP contribution in [0, 0.1) is 11.3 Å². The monoisotopic (exact) mass is 181 g/mol. The quantitative estimate of drug-likeness (QED) is 0.642. The van der Waals surface area contributed by atoms with Crippen molar-refractivity contribution in [2.24, 2.45) is 0 Å². The fourth-order valence-electron chi connectivity index (χ4n) is 1.88. The Morgan fingerprint density at radius 3 is 3.00 bits per heavy atom. The summed E-state index contributed by atoms with van der Waals surface area (Å²) in [5.74, 6) is 0. The molecule has 74 valence electrons. The van der Waals surface area contributed by atoms with Crippen LogP contribution >= 0.6 is 0 Å². The number of rotatable bonds is 5. The minimum absolute atomic E-state index is 0.575. The average Bonchev–Trinajstić information content (AvgIpc) is 2.58. The highest BCUT2D eigenvalue weighted by molar-refractivity contribution is 4.82. The summed E-state index contributed by atoms with van der Waals surface area (Å²) in [6.45, 7) is 5.97. The van der Waals surface area contributed by atoms with Crippen LogP contribution < -0.4 is 5.32 Å². The van der Waals surface area contributed by atoms with Gasteiger partial charge in [0.2, 0.25) is 0 Å². The highest BCUT2D eigenvalue weighted by Gasteiger charge is 2.16. The molecule has 1 rings (SSSR count). The van der Waals surface area contributed by atoms with Crippen LogP contribution in [0.1, 0.15) is 26.2 Å². The van der Waals surface area contributed by atoms with Gasteiger partial charge in [-0.1, -0.05) is 6.92 Å². The van der Waals surface area contributed by atoms with Crippen LogP contribution in [0.5, 0.6) is 0 Å². The van der Waals surface area contributed by atoms with Crippen molar-refractivity contribution in [1.82, 2.24) is 10.2 Å². The summed E-state index contributed by atoms with van der Waals surface area (Å²) >= 11 is 0. The van der Waals surface area contributed by atoms with Gasteiger partial charge in [0.15, 0.2) is 0 Å².